The molecule has 0 aromatic heterocycles. The summed E-state index contributed by atoms with van der Waals surface area (Å²) in [5.74, 6) is -2.06. The molecule has 10 heteroatoms. The van der Waals surface area contributed by atoms with Crippen LogP contribution in [0.25, 0.3) is 0 Å². The van der Waals surface area contributed by atoms with Gasteiger partial charge in [-0.2, -0.15) is 0 Å². The standard InChI is InChI=1S/C28H38N2O8/c1-28(2,3)38-23(32)15-18-36-16-8-6-4-5-7-9-17-37-21-12-10-11-19-24(21)27(35)30(26(19)34)20-13-14-22(31)29-25(20)33/h10-12,20H,4-9,13-18H2,1-3H3,(H,29,31,33). The number of rotatable bonds is 14. The molecular formula is C28H38N2O8. The van der Waals surface area contributed by atoms with Crippen LogP contribution in [-0.4, -0.2) is 66.0 Å². The Balaban J connectivity index is 1.31. The van der Waals surface area contributed by atoms with Crippen molar-refractivity contribution < 1.29 is 38.2 Å². The Bertz CT molecular complexity index is 1050. The maximum atomic E-state index is 13.1. The molecule has 1 atom stereocenters. The van der Waals surface area contributed by atoms with Crippen molar-refractivity contribution in [2.24, 2.45) is 0 Å². The first-order valence-electron chi connectivity index (χ1n) is 13.4. The van der Waals surface area contributed by atoms with Crippen molar-refractivity contribution in [3.63, 3.8) is 0 Å². The molecule has 0 aliphatic carbocycles. The summed E-state index contributed by atoms with van der Waals surface area (Å²) in [6.45, 7) is 6.92. The van der Waals surface area contributed by atoms with Crippen LogP contribution in [0.5, 0.6) is 5.75 Å². The number of fused-ring (bicyclic) bond motifs is 1. The summed E-state index contributed by atoms with van der Waals surface area (Å²) in [6, 6.07) is 3.86. The molecule has 2 aliphatic heterocycles. The fraction of sp³-hybridized carbons (Fsp3) is 0.607. The summed E-state index contributed by atoms with van der Waals surface area (Å²) >= 11 is 0. The van der Waals surface area contributed by atoms with E-state index in [2.05, 4.69) is 5.32 Å². The van der Waals surface area contributed by atoms with Gasteiger partial charge in [0.1, 0.15) is 17.4 Å². The fourth-order valence-electron chi connectivity index (χ4n) is 4.45. The number of ether oxygens (including phenoxy) is 3. The highest BCUT2D eigenvalue weighted by Crippen LogP contribution is 2.33. The van der Waals surface area contributed by atoms with Crippen molar-refractivity contribution in [1.82, 2.24) is 10.2 Å². The lowest BCUT2D eigenvalue weighted by Gasteiger charge is -2.27. The van der Waals surface area contributed by atoms with Crippen molar-refractivity contribution in [3.8, 4) is 5.75 Å². The lowest BCUT2D eigenvalue weighted by atomic mass is 10.0. The van der Waals surface area contributed by atoms with Gasteiger partial charge in [0, 0.05) is 13.0 Å². The molecule has 0 bridgehead atoms. The third kappa shape index (κ3) is 8.11. The van der Waals surface area contributed by atoms with Crippen LogP contribution in [-0.2, 0) is 23.9 Å². The predicted molar refractivity (Wildman–Crippen MR) is 138 cm³/mol. The van der Waals surface area contributed by atoms with E-state index in [4.69, 9.17) is 14.2 Å². The summed E-state index contributed by atoms with van der Waals surface area (Å²) in [7, 11) is 0. The molecule has 1 saturated heterocycles. The van der Waals surface area contributed by atoms with Gasteiger partial charge >= 0.3 is 5.97 Å². The molecule has 0 spiro atoms. The van der Waals surface area contributed by atoms with Crippen LogP contribution in [0.15, 0.2) is 18.2 Å². The summed E-state index contributed by atoms with van der Waals surface area (Å²) in [5.41, 5.74) is -0.0853. The normalized spacial score (nSPS) is 17.4. The number of benzene rings is 1. The molecule has 0 saturated carbocycles. The lowest BCUT2D eigenvalue weighted by Crippen LogP contribution is -2.54. The predicted octanol–water partition coefficient (Wildman–Crippen LogP) is 3.56. The monoisotopic (exact) mass is 530 g/mol. The highest BCUT2D eigenvalue weighted by Gasteiger charge is 2.45. The van der Waals surface area contributed by atoms with Crippen LogP contribution in [0, 0.1) is 0 Å². The van der Waals surface area contributed by atoms with Gasteiger partial charge in [-0.05, 0) is 52.2 Å². The number of carbonyl (C=O) groups is 5. The van der Waals surface area contributed by atoms with Crippen LogP contribution in [0.1, 0.15) is 99.3 Å². The van der Waals surface area contributed by atoms with Crippen molar-refractivity contribution in [2.45, 2.75) is 90.2 Å². The minimum Gasteiger partial charge on any atom is -0.493 e. The highest BCUT2D eigenvalue weighted by atomic mass is 16.6. The zero-order valence-electron chi connectivity index (χ0n) is 22.5. The fourth-order valence-corrected chi connectivity index (χ4v) is 4.45. The van der Waals surface area contributed by atoms with E-state index in [1.54, 1.807) is 18.2 Å². The number of carbonyl (C=O) groups excluding carboxylic acids is 5. The van der Waals surface area contributed by atoms with E-state index in [0.717, 1.165) is 43.4 Å². The van der Waals surface area contributed by atoms with Gasteiger partial charge in [-0.25, -0.2) is 0 Å². The van der Waals surface area contributed by atoms with Crippen LogP contribution in [0.4, 0.5) is 0 Å². The molecular weight excluding hydrogens is 492 g/mol. The summed E-state index contributed by atoms with van der Waals surface area (Å²) in [5, 5.41) is 2.20. The van der Waals surface area contributed by atoms with Gasteiger partial charge in [0.2, 0.25) is 11.8 Å². The number of hydrogen-bond donors (Lipinski definition) is 1. The third-order valence-electron chi connectivity index (χ3n) is 6.24. The second-order valence-electron chi connectivity index (χ2n) is 10.5. The van der Waals surface area contributed by atoms with Gasteiger partial charge < -0.3 is 14.2 Å². The smallest absolute Gasteiger partial charge is 0.308 e. The molecule has 3 rings (SSSR count). The molecule has 38 heavy (non-hydrogen) atoms. The van der Waals surface area contributed by atoms with E-state index in [1.165, 1.54) is 0 Å². The summed E-state index contributed by atoms with van der Waals surface area (Å²) in [6.07, 6.45) is 6.28. The molecule has 10 nitrogen and oxygen atoms in total. The van der Waals surface area contributed by atoms with Crippen LogP contribution >= 0.6 is 0 Å². The Morgan fingerprint density at radius 3 is 2.32 bits per heavy atom. The van der Waals surface area contributed by atoms with Crippen molar-refractivity contribution in [1.29, 1.82) is 0 Å². The largest absolute Gasteiger partial charge is 0.493 e. The Hall–Kier alpha value is -3.27. The first kappa shape index (κ1) is 29.3. The molecule has 1 N–H and O–H groups in total. The van der Waals surface area contributed by atoms with Gasteiger partial charge in [-0.1, -0.05) is 31.7 Å². The molecule has 1 fully saturated rings. The van der Waals surface area contributed by atoms with Gasteiger partial charge in [-0.15, -0.1) is 0 Å². The number of amides is 4. The average Bonchev–Trinajstić information content (AvgIpc) is 3.09. The molecule has 208 valence electrons. The first-order valence-corrected chi connectivity index (χ1v) is 13.4. The van der Waals surface area contributed by atoms with Crippen molar-refractivity contribution in [2.75, 3.05) is 19.8 Å². The van der Waals surface area contributed by atoms with Crippen LogP contribution in [0.3, 0.4) is 0 Å². The van der Waals surface area contributed by atoms with Crippen LogP contribution < -0.4 is 10.1 Å². The number of nitrogens with zero attached hydrogens (tertiary/aromatic N) is 1. The number of imide groups is 2. The number of esters is 1. The van der Waals surface area contributed by atoms with Crippen molar-refractivity contribution >= 4 is 29.6 Å². The number of hydrogen-bond acceptors (Lipinski definition) is 8. The van der Waals surface area contributed by atoms with E-state index >= 15 is 0 Å². The average molecular weight is 531 g/mol. The Labute approximate surface area is 223 Å². The third-order valence-corrected chi connectivity index (χ3v) is 6.24. The van der Waals surface area contributed by atoms with E-state index in [-0.39, 0.29) is 36.4 Å². The zero-order chi connectivity index (χ0) is 27.7. The number of piperidine rings is 1. The van der Waals surface area contributed by atoms with Gasteiger partial charge in [0.05, 0.1) is 30.8 Å². The minimum absolute atomic E-state index is 0.0777. The maximum Gasteiger partial charge on any atom is 0.308 e. The Kier molecular flexibility index (Phi) is 10.4. The van der Waals surface area contributed by atoms with Crippen LogP contribution in [0.2, 0.25) is 0 Å². The zero-order valence-corrected chi connectivity index (χ0v) is 22.5. The Morgan fingerprint density at radius 2 is 1.63 bits per heavy atom. The van der Waals surface area contributed by atoms with E-state index in [0.29, 0.717) is 25.6 Å². The second-order valence-corrected chi connectivity index (χ2v) is 10.5. The first-order chi connectivity index (χ1) is 18.1. The molecule has 1 aromatic rings. The molecule has 4 amide bonds. The van der Waals surface area contributed by atoms with Gasteiger partial charge in [0.15, 0.2) is 0 Å². The Morgan fingerprint density at radius 1 is 0.947 bits per heavy atom. The van der Waals surface area contributed by atoms with E-state index in [9.17, 15) is 24.0 Å². The molecule has 1 unspecified atom stereocenters. The molecule has 1 aromatic carbocycles. The maximum absolute atomic E-state index is 13.1. The second kappa shape index (κ2) is 13.5. The minimum atomic E-state index is -0.997. The number of unbranched alkanes of at least 4 members (excludes halogenated alkanes) is 5. The van der Waals surface area contributed by atoms with E-state index in [1.807, 2.05) is 20.8 Å². The lowest BCUT2D eigenvalue weighted by molar-refractivity contribution is -0.156. The molecule has 2 aliphatic rings. The summed E-state index contributed by atoms with van der Waals surface area (Å²) < 4.78 is 16.6. The SMILES string of the molecule is CC(C)(C)OC(=O)CCOCCCCCCCCOc1cccc2c1C(=O)N(C1CCC(=O)NC1=O)C2=O. The molecule has 2 heterocycles. The van der Waals surface area contributed by atoms with Gasteiger partial charge in [-0.3, -0.25) is 34.2 Å². The topological polar surface area (TPSA) is 128 Å². The van der Waals surface area contributed by atoms with E-state index < -0.39 is 35.3 Å². The molecule has 0 radical (unpaired) electrons. The van der Waals surface area contributed by atoms with Crippen molar-refractivity contribution in [3.05, 3.63) is 29.3 Å². The number of nitrogens with one attached hydrogen (secondary N) is 1. The van der Waals surface area contributed by atoms with Gasteiger partial charge in [0.25, 0.3) is 11.8 Å². The quantitative estimate of drug-likeness (QED) is 0.220. The highest BCUT2D eigenvalue weighted by molar-refractivity contribution is 6.24. The summed E-state index contributed by atoms with van der Waals surface area (Å²) in [4.78, 5) is 62.2.